The minimum atomic E-state index is -3.87. The highest BCUT2D eigenvalue weighted by molar-refractivity contribution is 7.92. The normalized spacial score (nSPS) is 12.6. The summed E-state index contributed by atoms with van der Waals surface area (Å²) in [6.45, 7) is 5.52. The zero-order valence-electron chi connectivity index (χ0n) is 19.9. The molecule has 0 radical (unpaired) electrons. The van der Waals surface area contributed by atoms with Crippen molar-refractivity contribution >= 4 is 43.1 Å². The summed E-state index contributed by atoms with van der Waals surface area (Å²) in [4.78, 5) is 17.1. The molecule has 0 spiro atoms. The second-order valence-corrected chi connectivity index (χ2v) is 11.6. The minimum Gasteiger partial charge on any atom is -0.324 e. The molecule has 35 heavy (non-hydrogen) atoms. The number of hydrogen-bond acceptors (Lipinski definition) is 6. The van der Waals surface area contributed by atoms with E-state index in [1.165, 1.54) is 36.5 Å². The number of rotatable bonds is 9. The zero-order chi connectivity index (χ0) is 25.8. The highest BCUT2D eigenvalue weighted by Gasteiger charge is 2.31. The van der Waals surface area contributed by atoms with Gasteiger partial charge in [-0.15, -0.1) is 0 Å². The summed E-state index contributed by atoms with van der Waals surface area (Å²) in [7, 11) is -7.64. The largest absolute Gasteiger partial charge is 0.324 e. The van der Waals surface area contributed by atoms with Crippen molar-refractivity contribution in [2.75, 3.05) is 20.6 Å². The lowest BCUT2D eigenvalue weighted by atomic mass is 10.1. The predicted molar refractivity (Wildman–Crippen MR) is 137 cm³/mol. The van der Waals surface area contributed by atoms with Gasteiger partial charge in [0.15, 0.2) is 0 Å². The zero-order valence-corrected chi connectivity index (χ0v) is 21.5. The van der Waals surface area contributed by atoms with Gasteiger partial charge in [0, 0.05) is 11.9 Å². The summed E-state index contributed by atoms with van der Waals surface area (Å²) in [6, 6.07) is 14.7. The van der Waals surface area contributed by atoms with E-state index in [9.17, 15) is 21.6 Å². The van der Waals surface area contributed by atoms with Crippen LogP contribution in [0.3, 0.4) is 0 Å². The van der Waals surface area contributed by atoms with Crippen molar-refractivity contribution in [1.82, 2.24) is 4.98 Å². The fourth-order valence-electron chi connectivity index (χ4n) is 3.49. The van der Waals surface area contributed by atoms with Crippen molar-refractivity contribution < 1.29 is 21.6 Å². The van der Waals surface area contributed by atoms with Crippen LogP contribution >= 0.6 is 0 Å². The number of pyridine rings is 1. The Bertz CT molecular complexity index is 1410. The van der Waals surface area contributed by atoms with Crippen molar-refractivity contribution in [3.05, 3.63) is 78.0 Å². The van der Waals surface area contributed by atoms with Gasteiger partial charge < -0.3 is 5.32 Å². The van der Waals surface area contributed by atoms with Gasteiger partial charge in [0.1, 0.15) is 11.9 Å². The minimum absolute atomic E-state index is 0.0129. The molecule has 0 bridgehead atoms. The number of carbonyl (C=O) groups excluding carboxylic acids is 1. The van der Waals surface area contributed by atoms with Crippen LogP contribution in [0, 0.1) is 13.8 Å². The summed E-state index contributed by atoms with van der Waals surface area (Å²) >= 11 is 0. The number of benzene rings is 2. The van der Waals surface area contributed by atoms with E-state index in [2.05, 4.69) is 15.0 Å². The number of aryl methyl sites for hydroxylation is 2. The topological polar surface area (TPSA) is 126 Å². The van der Waals surface area contributed by atoms with Crippen molar-refractivity contribution in [1.29, 1.82) is 0 Å². The number of amides is 1. The van der Waals surface area contributed by atoms with Gasteiger partial charge in [-0.3, -0.25) is 13.8 Å². The van der Waals surface area contributed by atoms with E-state index < -0.39 is 32.0 Å². The number of carbonyl (C=O) groups is 1. The Balaban J connectivity index is 1.82. The Morgan fingerprint density at radius 3 is 2.20 bits per heavy atom. The van der Waals surface area contributed by atoms with Gasteiger partial charge in [-0.2, -0.15) is 0 Å². The first-order valence-electron chi connectivity index (χ1n) is 10.8. The summed E-state index contributed by atoms with van der Waals surface area (Å²) in [5, 5.41) is 2.70. The lowest BCUT2D eigenvalue weighted by Crippen LogP contribution is -2.47. The molecule has 0 aliphatic heterocycles. The van der Waals surface area contributed by atoms with E-state index in [0.29, 0.717) is 11.4 Å². The third-order valence-corrected chi connectivity index (χ3v) is 7.96. The third kappa shape index (κ3) is 6.37. The Kier molecular flexibility index (Phi) is 7.81. The van der Waals surface area contributed by atoms with E-state index in [-0.39, 0.29) is 17.1 Å². The Morgan fingerprint density at radius 2 is 1.66 bits per heavy atom. The maximum Gasteiger partial charge on any atom is 0.263 e. The molecule has 1 heterocycles. The van der Waals surface area contributed by atoms with Crippen LogP contribution in [0.4, 0.5) is 17.2 Å². The lowest BCUT2D eigenvalue weighted by molar-refractivity contribution is -0.117. The van der Waals surface area contributed by atoms with E-state index in [0.717, 1.165) is 21.7 Å². The monoisotopic (exact) mass is 516 g/mol. The Labute approximate surface area is 206 Å². The molecular weight excluding hydrogens is 488 g/mol. The molecule has 1 aromatic heterocycles. The molecule has 1 amide bonds. The second-order valence-electron chi connectivity index (χ2n) is 8.09. The third-order valence-electron chi connectivity index (χ3n) is 5.41. The highest BCUT2D eigenvalue weighted by atomic mass is 32.2. The molecule has 2 N–H and O–H groups in total. The molecule has 2 aromatic carbocycles. The molecule has 186 valence electrons. The summed E-state index contributed by atoms with van der Waals surface area (Å²) in [6.07, 6.45) is 2.76. The van der Waals surface area contributed by atoms with Gasteiger partial charge in [0.25, 0.3) is 10.0 Å². The predicted octanol–water partition coefficient (Wildman–Crippen LogP) is 3.68. The lowest BCUT2D eigenvalue weighted by Gasteiger charge is -2.30. The first-order chi connectivity index (χ1) is 16.4. The molecule has 0 aliphatic rings. The smallest absolute Gasteiger partial charge is 0.263 e. The maximum atomic E-state index is 13.1. The molecule has 3 rings (SSSR count). The van der Waals surface area contributed by atoms with E-state index in [4.69, 9.17) is 0 Å². The van der Waals surface area contributed by atoms with E-state index in [1.807, 2.05) is 19.9 Å². The Hall–Kier alpha value is -3.44. The van der Waals surface area contributed by atoms with Crippen molar-refractivity contribution in [2.24, 2.45) is 0 Å². The van der Waals surface area contributed by atoms with E-state index in [1.54, 1.807) is 31.2 Å². The van der Waals surface area contributed by atoms with Gasteiger partial charge in [0.2, 0.25) is 15.9 Å². The molecule has 0 aliphatic carbocycles. The number of sulfonamides is 2. The standard InChI is InChI=1S/C24H28N4O5S2/c1-5-22(28(34(4,30)31)20-12-9-17(2)18(3)16-20)24(29)26-19-10-13-21(14-11-19)35(32,33)27-23-8-6-7-15-25-23/h6-16,22H,5H2,1-4H3,(H,25,27)(H,26,29)/t22-/m0/s1. The van der Waals surface area contributed by atoms with Crippen LogP contribution in [0.25, 0.3) is 0 Å². The summed E-state index contributed by atoms with van der Waals surface area (Å²) in [5.41, 5.74) is 2.65. The van der Waals surface area contributed by atoms with Gasteiger partial charge >= 0.3 is 0 Å². The van der Waals surface area contributed by atoms with Gasteiger partial charge in [0.05, 0.1) is 16.8 Å². The fourth-order valence-corrected chi connectivity index (χ4v) is 5.70. The van der Waals surface area contributed by atoms with Crippen LogP contribution in [0.2, 0.25) is 0 Å². The quantitative estimate of drug-likeness (QED) is 0.447. The Morgan fingerprint density at radius 1 is 0.971 bits per heavy atom. The molecule has 0 saturated carbocycles. The first kappa shape index (κ1) is 26.2. The second kappa shape index (κ2) is 10.4. The van der Waals surface area contributed by atoms with Crippen molar-refractivity contribution in [3.8, 4) is 0 Å². The summed E-state index contributed by atoms with van der Waals surface area (Å²) < 4.78 is 54.0. The number of anilines is 3. The molecule has 3 aromatic rings. The van der Waals surface area contributed by atoms with E-state index >= 15 is 0 Å². The molecule has 0 unspecified atom stereocenters. The molecule has 1 atom stereocenters. The van der Waals surface area contributed by atoms with Crippen LogP contribution in [-0.4, -0.2) is 40.0 Å². The molecule has 9 nitrogen and oxygen atoms in total. The SMILES string of the molecule is CC[C@@H](C(=O)Nc1ccc(S(=O)(=O)Nc2ccccn2)cc1)N(c1ccc(C)c(C)c1)S(C)(=O)=O. The molecule has 0 saturated heterocycles. The van der Waals surface area contributed by atoms with Gasteiger partial charge in [-0.25, -0.2) is 21.8 Å². The van der Waals surface area contributed by atoms with Gasteiger partial charge in [-0.05, 0) is 79.9 Å². The number of aromatic nitrogens is 1. The van der Waals surface area contributed by atoms with Gasteiger partial charge in [-0.1, -0.05) is 19.1 Å². The first-order valence-corrected chi connectivity index (χ1v) is 14.2. The number of hydrogen-bond donors (Lipinski definition) is 2. The molecule has 0 fully saturated rings. The average Bonchev–Trinajstić information content (AvgIpc) is 2.79. The highest BCUT2D eigenvalue weighted by Crippen LogP contribution is 2.26. The summed E-state index contributed by atoms with van der Waals surface area (Å²) in [5.74, 6) is -0.346. The van der Waals surface area contributed by atoms with Crippen LogP contribution in [0.5, 0.6) is 0 Å². The van der Waals surface area contributed by atoms with Crippen LogP contribution < -0.4 is 14.3 Å². The molecular formula is C24H28N4O5S2. The van der Waals surface area contributed by atoms with Crippen LogP contribution in [-0.2, 0) is 24.8 Å². The fraction of sp³-hybridized carbons (Fsp3) is 0.250. The van der Waals surface area contributed by atoms with Crippen molar-refractivity contribution in [3.63, 3.8) is 0 Å². The van der Waals surface area contributed by atoms with Crippen molar-refractivity contribution in [2.45, 2.75) is 38.1 Å². The van der Waals surface area contributed by atoms with Crippen LogP contribution in [0.1, 0.15) is 24.5 Å². The number of nitrogens with one attached hydrogen (secondary N) is 2. The van der Waals surface area contributed by atoms with Crippen LogP contribution in [0.15, 0.2) is 71.8 Å². The maximum absolute atomic E-state index is 13.1. The molecule has 11 heteroatoms. The number of nitrogens with zero attached hydrogens (tertiary/aromatic N) is 2. The average molecular weight is 517 g/mol.